The highest BCUT2D eigenvalue weighted by atomic mass is 16.4. The molecule has 0 aliphatic heterocycles. The number of hydrogen-bond donors (Lipinski definition) is 1. The van der Waals surface area contributed by atoms with Crippen LogP contribution in [0, 0.1) is 0 Å². The van der Waals surface area contributed by atoms with Crippen molar-refractivity contribution >= 4 is 5.97 Å². The third-order valence-electron chi connectivity index (χ3n) is 5.63. The number of allylic oxidation sites excluding steroid dienone is 9. The molecule has 0 unspecified atom stereocenters. The Bertz CT molecular complexity index is 537. The van der Waals surface area contributed by atoms with Gasteiger partial charge in [-0.3, -0.25) is 0 Å². The van der Waals surface area contributed by atoms with Crippen LogP contribution >= 0.6 is 0 Å². The summed E-state index contributed by atoms with van der Waals surface area (Å²) in [4.78, 5) is 10.3. The van der Waals surface area contributed by atoms with Gasteiger partial charge in [-0.15, -0.1) is 0 Å². The average Bonchev–Trinajstić information content (AvgIpc) is 2.78. The van der Waals surface area contributed by atoms with Gasteiger partial charge in [-0.25, -0.2) is 4.79 Å². The molecule has 0 aromatic heterocycles. The Labute approximate surface area is 199 Å². The van der Waals surface area contributed by atoms with Crippen LogP contribution in [-0.2, 0) is 4.79 Å². The zero-order chi connectivity index (χ0) is 23.4. The number of carbonyl (C=O) groups is 1. The Hall–Kier alpha value is -1.83. The van der Waals surface area contributed by atoms with Crippen LogP contribution in [0.3, 0.4) is 0 Å². The Kier molecular flexibility index (Phi) is 25.6. The molecule has 0 bridgehead atoms. The summed E-state index contributed by atoms with van der Waals surface area (Å²) < 4.78 is 0. The molecule has 0 heterocycles. The van der Waals surface area contributed by atoms with Gasteiger partial charge in [0.15, 0.2) is 0 Å². The van der Waals surface area contributed by atoms with Crippen LogP contribution in [0.15, 0.2) is 60.8 Å². The van der Waals surface area contributed by atoms with Crippen molar-refractivity contribution in [3.05, 3.63) is 60.8 Å². The van der Waals surface area contributed by atoms with Crippen molar-refractivity contribution in [3.63, 3.8) is 0 Å². The lowest BCUT2D eigenvalue weighted by Crippen LogP contribution is -1.84. The van der Waals surface area contributed by atoms with Gasteiger partial charge in [0.2, 0.25) is 0 Å². The van der Waals surface area contributed by atoms with Gasteiger partial charge < -0.3 is 5.11 Å². The quantitative estimate of drug-likeness (QED) is 0.0970. The van der Waals surface area contributed by atoms with Gasteiger partial charge in [0, 0.05) is 6.08 Å². The minimum absolute atomic E-state index is 0.928. The Morgan fingerprint density at radius 2 is 0.844 bits per heavy atom. The number of hydrogen-bond acceptors (Lipinski definition) is 1. The maximum absolute atomic E-state index is 10.3. The van der Waals surface area contributed by atoms with E-state index in [1.807, 2.05) is 30.4 Å². The second-order valence-electron chi connectivity index (χ2n) is 8.73. The van der Waals surface area contributed by atoms with E-state index in [0.717, 1.165) is 12.5 Å². The summed E-state index contributed by atoms with van der Waals surface area (Å²) in [6.45, 7) is 2.29. The predicted octanol–water partition coefficient (Wildman–Crippen LogP) is 9.89. The first kappa shape index (κ1) is 30.2. The van der Waals surface area contributed by atoms with Crippen molar-refractivity contribution in [1.29, 1.82) is 0 Å². The largest absolute Gasteiger partial charge is 0.478 e. The van der Waals surface area contributed by atoms with Crippen molar-refractivity contribution in [2.45, 2.75) is 122 Å². The van der Waals surface area contributed by atoms with Crippen LogP contribution in [0.25, 0.3) is 0 Å². The van der Waals surface area contributed by atoms with Crippen molar-refractivity contribution in [3.8, 4) is 0 Å². The van der Waals surface area contributed by atoms with E-state index in [4.69, 9.17) is 5.11 Å². The van der Waals surface area contributed by atoms with Crippen LogP contribution in [-0.4, -0.2) is 11.1 Å². The molecule has 2 nitrogen and oxygen atoms in total. The van der Waals surface area contributed by atoms with E-state index in [1.54, 1.807) is 6.08 Å². The molecule has 0 aliphatic carbocycles. The molecular weight excluding hydrogens is 392 g/mol. The zero-order valence-corrected chi connectivity index (χ0v) is 20.9. The van der Waals surface area contributed by atoms with Gasteiger partial charge in [0.25, 0.3) is 0 Å². The molecule has 0 aromatic carbocycles. The zero-order valence-electron chi connectivity index (χ0n) is 20.9. The topological polar surface area (TPSA) is 37.3 Å². The maximum atomic E-state index is 10.3. The second-order valence-corrected chi connectivity index (χ2v) is 8.73. The van der Waals surface area contributed by atoms with Crippen LogP contribution < -0.4 is 0 Å². The van der Waals surface area contributed by atoms with E-state index in [1.165, 1.54) is 115 Å². The third kappa shape index (κ3) is 28.2. The van der Waals surface area contributed by atoms with Crippen LogP contribution in [0.1, 0.15) is 122 Å². The Morgan fingerprint density at radius 3 is 1.25 bits per heavy atom. The smallest absolute Gasteiger partial charge is 0.328 e. The van der Waals surface area contributed by atoms with Crippen molar-refractivity contribution in [2.75, 3.05) is 0 Å². The highest BCUT2D eigenvalue weighted by Crippen LogP contribution is 2.14. The monoisotopic (exact) mass is 442 g/mol. The van der Waals surface area contributed by atoms with Gasteiger partial charge in [-0.05, 0) is 12.8 Å². The summed E-state index contributed by atoms with van der Waals surface area (Å²) in [6.07, 6.45) is 43.6. The minimum atomic E-state index is -0.928. The molecule has 0 aromatic rings. The fraction of sp³-hybridized carbons (Fsp3) is 0.633. The molecular formula is C30H50O2. The van der Waals surface area contributed by atoms with E-state index >= 15 is 0 Å². The summed E-state index contributed by atoms with van der Waals surface area (Å²) >= 11 is 0. The molecule has 1 N–H and O–H groups in total. The van der Waals surface area contributed by atoms with E-state index in [0.29, 0.717) is 0 Å². The SMILES string of the molecule is CCCCCCCCCCCCCCCCCCCC=CC=CC=CC=CC=CC(=O)O. The molecule has 0 rings (SSSR count). The summed E-state index contributed by atoms with van der Waals surface area (Å²) in [5, 5.41) is 8.45. The number of carboxylic acid groups (broad SMARTS) is 1. The third-order valence-corrected chi connectivity index (χ3v) is 5.63. The van der Waals surface area contributed by atoms with Gasteiger partial charge in [-0.2, -0.15) is 0 Å². The first-order valence-electron chi connectivity index (χ1n) is 13.3. The van der Waals surface area contributed by atoms with Crippen LogP contribution in [0.4, 0.5) is 0 Å². The van der Waals surface area contributed by atoms with Crippen molar-refractivity contribution in [2.24, 2.45) is 0 Å². The number of aliphatic carboxylic acids is 1. The molecule has 2 heteroatoms. The Balaban J connectivity index is 3.28. The Morgan fingerprint density at radius 1 is 0.500 bits per heavy atom. The molecule has 0 aliphatic rings. The number of rotatable bonds is 23. The highest BCUT2D eigenvalue weighted by molar-refractivity contribution is 5.80. The van der Waals surface area contributed by atoms with Gasteiger partial charge in [0.05, 0.1) is 0 Å². The average molecular weight is 443 g/mol. The summed E-state index contributed by atoms with van der Waals surface area (Å²) in [7, 11) is 0. The minimum Gasteiger partial charge on any atom is -0.478 e. The molecule has 182 valence electrons. The molecule has 0 radical (unpaired) electrons. The van der Waals surface area contributed by atoms with Crippen molar-refractivity contribution in [1.82, 2.24) is 0 Å². The van der Waals surface area contributed by atoms with E-state index in [2.05, 4.69) is 19.1 Å². The number of unbranched alkanes of at least 4 members (excludes halogenated alkanes) is 17. The molecule has 0 fully saturated rings. The summed E-state index contributed by atoms with van der Waals surface area (Å²) in [6, 6.07) is 0. The summed E-state index contributed by atoms with van der Waals surface area (Å²) in [5.74, 6) is -0.928. The lowest BCUT2D eigenvalue weighted by atomic mass is 10.0. The fourth-order valence-electron chi connectivity index (χ4n) is 3.68. The summed E-state index contributed by atoms with van der Waals surface area (Å²) in [5.41, 5.74) is 0. The maximum Gasteiger partial charge on any atom is 0.328 e. The molecule has 0 atom stereocenters. The van der Waals surface area contributed by atoms with Gasteiger partial charge in [0.1, 0.15) is 0 Å². The lowest BCUT2D eigenvalue weighted by molar-refractivity contribution is -0.131. The molecule has 0 saturated heterocycles. The molecule has 0 saturated carbocycles. The number of carboxylic acids is 1. The van der Waals surface area contributed by atoms with Crippen LogP contribution in [0.5, 0.6) is 0 Å². The van der Waals surface area contributed by atoms with Crippen LogP contribution in [0.2, 0.25) is 0 Å². The second kappa shape index (κ2) is 27.2. The highest BCUT2D eigenvalue weighted by Gasteiger charge is 1.94. The van der Waals surface area contributed by atoms with Gasteiger partial charge >= 0.3 is 5.97 Å². The standard InChI is InChI=1S/C30H50O2/c1-2-3-4-5-6-7-8-9-10-11-12-13-14-15-16-17-18-19-20-21-22-23-24-25-26-27-28-29-30(31)32/h20-29H,2-19H2,1H3,(H,31,32). The lowest BCUT2D eigenvalue weighted by Gasteiger charge is -2.03. The van der Waals surface area contributed by atoms with Gasteiger partial charge in [-0.1, -0.05) is 164 Å². The fourth-order valence-corrected chi connectivity index (χ4v) is 3.68. The first-order valence-corrected chi connectivity index (χ1v) is 13.3. The van der Waals surface area contributed by atoms with E-state index < -0.39 is 5.97 Å². The molecule has 32 heavy (non-hydrogen) atoms. The van der Waals surface area contributed by atoms with E-state index in [9.17, 15) is 4.79 Å². The van der Waals surface area contributed by atoms with Crippen molar-refractivity contribution < 1.29 is 9.90 Å². The predicted molar refractivity (Wildman–Crippen MR) is 142 cm³/mol. The van der Waals surface area contributed by atoms with E-state index in [-0.39, 0.29) is 0 Å². The first-order chi connectivity index (χ1) is 15.8. The normalized spacial score (nSPS) is 12.5. The molecule has 0 amide bonds. The molecule has 0 spiro atoms.